The molecule has 0 aliphatic rings. The number of pyridine rings is 3. The molecule has 5 aromatic carbocycles. The quantitative estimate of drug-likeness (QED) is 0.208. The van der Waals surface area contributed by atoms with Gasteiger partial charge in [-0.2, -0.15) is 0 Å². The molecule has 0 unspecified atom stereocenters. The van der Waals surface area contributed by atoms with Gasteiger partial charge < -0.3 is 4.40 Å². The fourth-order valence-electron chi connectivity index (χ4n) is 5.95. The number of aromatic nitrogens is 1. The Bertz CT molecular complexity index is 1990. The van der Waals surface area contributed by atoms with Gasteiger partial charge in [-0.3, -0.25) is 4.79 Å². The molecule has 0 spiro atoms. The van der Waals surface area contributed by atoms with Crippen molar-refractivity contribution in [3.8, 4) is 0 Å². The van der Waals surface area contributed by atoms with E-state index in [4.69, 9.17) is 0 Å². The molecule has 0 atom stereocenters. The minimum Gasteiger partial charge on any atom is -0.306 e. The predicted octanol–water partition coefficient (Wildman–Crippen LogP) is 6.84. The van der Waals surface area contributed by atoms with E-state index in [1.54, 1.807) is 0 Å². The number of fused-ring (bicyclic) bond motifs is 2. The highest BCUT2D eigenvalue weighted by Crippen LogP contribution is 2.44. The topological polar surface area (TPSA) is 21.5 Å². The fraction of sp³-hybridized carbons (Fsp3) is 0.0357. The van der Waals surface area contributed by atoms with Crippen LogP contribution in [0.25, 0.3) is 70.4 Å². The summed E-state index contributed by atoms with van der Waals surface area (Å²) in [6.07, 6.45) is 0. The summed E-state index contributed by atoms with van der Waals surface area (Å²) in [5.41, 5.74) is 4.73. The van der Waals surface area contributed by atoms with Crippen LogP contribution in [0.4, 0.5) is 0 Å². The van der Waals surface area contributed by atoms with Crippen LogP contribution in [0, 0.1) is 6.92 Å². The van der Waals surface area contributed by atoms with Crippen LogP contribution in [0.15, 0.2) is 77.6 Å². The van der Waals surface area contributed by atoms with Crippen LogP contribution in [0.2, 0.25) is 0 Å². The van der Waals surface area contributed by atoms with E-state index in [1.807, 2.05) is 12.1 Å². The lowest BCUT2D eigenvalue weighted by atomic mass is 9.89. The molecule has 3 heterocycles. The van der Waals surface area contributed by atoms with Gasteiger partial charge in [0.15, 0.2) is 5.43 Å². The third-order valence-electron chi connectivity index (χ3n) is 7.14. The van der Waals surface area contributed by atoms with Crippen LogP contribution in [-0.2, 0) is 0 Å². The molecule has 0 N–H and O–H groups in total. The molecule has 0 radical (unpaired) electrons. The largest absolute Gasteiger partial charge is 0.306 e. The molecule has 0 aliphatic heterocycles. The average molecular weight is 381 g/mol. The number of nitrogens with zero attached hydrogens (tertiary/aromatic N) is 1. The SMILES string of the molecule is Cc1ccc2c3cccc4ccc5c(=O)c6ccc7cccc8c1c2n(c5c43)c6c78. The number of hydrogen-bond acceptors (Lipinski definition) is 1. The molecule has 0 fully saturated rings. The zero-order valence-electron chi connectivity index (χ0n) is 16.3. The summed E-state index contributed by atoms with van der Waals surface area (Å²) in [6.45, 7) is 2.19. The Morgan fingerprint density at radius 1 is 0.533 bits per heavy atom. The first kappa shape index (κ1) is 15.0. The lowest BCUT2D eigenvalue weighted by molar-refractivity contribution is 1.33. The highest BCUT2D eigenvalue weighted by Gasteiger charge is 2.23. The van der Waals surface area contributed by atoms with E-state index in [0.29, 0.717) is 0 Å². The van der Waals surface area contributed by atoms with Gasteiger partial charge in [-0.25, -0.2) is 0 Å². The zero-order chi connectivity index (χ0) is 19.7. The van der Waals surface area contributed by atoms with E-state index in [2.05, 4.69) is 72.0 Å². The Labute approximate surface area is 170 Å². The van der Waals surface area contributed by atoms with Crippen molar-refractivity contribution >= 4 is 70.4 Å². The van der Waals surface area contributed by atoms with Crippen molar-refractivity contribution in [1.82, 2.24) is 4.40 Å². The molecular weight excluding hydrogens is 366 g/mol. The van der Waals surface area contributed by atoms with Crippen molar-refractivity contribution in [2.75, 3.05) is 0 Å². The molecular formula is C28H15NO. The molecule has 0 amide bonds. The lowest BCUT2D eigenvalue weighted by Gasteiger charge is -2.23. The Hall–Kier alpha value is -3.91. The van der Waals surface area contributed by atoms with Crippen LogP contribution < -0.4 is 5.43 Å². The number of hydrogen-bond donors (Lipinski definition) is 0. The fourth-order valence-corrected chi connectivity index (χ4v) is 5.95. The first-order valence-corrected chi connectivity index (χ1v) is 10.3. The van der Waals surface area contributed by atoms with Crippen molar-refractivity contribution in [3.63, 3.8) is 0 Å². The van der Waals surface area contributed by atoms with E-state index in [-0.39, 0.29) is 5.43 Å². The van der Waals surface area contributed by atoms with E-state index < -0.39 is 0 Å². The van der Waals surface area contributed by atoms with Crippen molar-refractivity contribution in [2.45, 2.75) is 6.92 Å². The van der Waals surface area contributed by atoms with E-state index in [1.165, 1.54) is 54.2 Å². The van der Waals surface area contributed by atoms with Crippen molar-refractivity contribution in [2.24, 2.45) is 0 Å². The van der Waals surface area contributed by atoms with Gasteiger partial charge in [-0.05, 0) is 46.2 Å². The maximum Gasteiger partial charge on any atom is 0.197 e. The number of aryl methyl sites for hydroxylation is 1. The van der Waals surface area contributed by atoms with Gasteiger partial charge in [0.05, 0.1) is 16.6 Å². The van der Waals surface area contributed by atoms with Crippen molar-refractivity contribution < 1.29 is 0 Å². The maximum absolute atomic E-state index is 13.6. The predicted molar refractivity (Wildman–Crippen MR) is 127 cm³/mol. The molecule has 8 rings (SSSR count). The van der Waals surface area contributed by atoms with Crippen LogP contribution >= 0.6 is 0 Å². The third-order valence-corrected chi connectivity index (χ3v) is 7.14. The first-order chi connectivity index (χ1) is 14.7. The second kappa shape index (κ2) is 4.63. The molecule has 0 saturated heterocycles. The smallest absolute Gasteiger partial charge is 0.197 e. The molecule has 138 valence electrons. The van der Waals surface area contributed by atoms with Crippen molar-refractivity contribution in [3.05, 3.63) is 88.6 Å². The third kappa shape index (κ3) is 1.42. The minimum absolute atomic E-state index is 0.129. The summed E-state index contributed by atoms with van der Waals surface area (Å²) < 4.78 is 2.40. The highest BCUT2D eigenvalue weighted by atomic mass is 16.1. The van der Waals surface area contributed by atoms with Gasteiger partial charge in [0, 0.05) is 32.3 Å². The molecule has 0 saturated carbocycles. The normalized spacial score (nSPS) is 13.0. The van der Waals surface area contributed by atoms with E-state index in [9.17, 15) is 4.79 Å². The summed E-state index contributed by atoms with van der Waals surface area (Å²) in [4.78, 5) is 13.6. The summed E-state index contributed by atoms with van der Waals surface area (Å²) in [5, 5.41) is 11.3. The van der Waals surface area contributed by atoms with Gasteiger partial charge in [0.25, 0.3) is 0 Å². The van der Waals surface area contributed by atoms with Crippen LogP contribution in [-0.4, -0.2) is 4.40 Å². The Kier molecular flexibility index (Phi) is 2.31. The molecule has 8 aromatic rings. The summed E-state index contributed by atoms with van der Waals surface area (Å²) in [7, 11) is 0. The summed E-state index contributed by atoms with van der Waals surface area (Å²) in [5.74, 6) is 0. The molecule has 30 heavy (non-hydrogen) atoms. The van der Waals surface area contributed by atoms with Gasteiger partial charge in [-0.1, -0.05) is 60.7 Å². The minimum atomic E-state index is 0.129. The molecule has 0 aliphatic carbocycles. The summed E-state index contributed by atoms with van der Waals surface area (Å²) >= 11 is 0. The van der Waals surface area contributed by atoms with Gasteiger partial charge in [0.1, 0.15) is 0 Å². The average Bonchev–Trinajstić information content (AvgIpc) is 2.78. The van der Waals surface area contributed by atoms with Gasteiger partial charge >= 0.3 is 0 Å². The van der Waals surface area contributed by atoms with Gasteiger partial charge in [0.2, 0.25) is 0 Å². The highest BCUT2D eigenvalue weighted by molar-refractivity contribution is 6.33. The summed E-state index contributed by atoms with van der Waals surface area (Å²) in [6, 6.07) is 25.7. The number of benzene rings is 5. The number of rotatable bonds is 0. The first-order valence-electron chi connectivity index (χ1n) is 10.3. The van der Waals surface area contributed by atoms with Crippen LogP contribution in [0.5, 0.6) is 0 Å². The second-order valence-corrected chi connectivity index (χ2v) is 8.55. The maximum atomic E-state index is 13.6. The van der Waals surface area contributed by atoms with E-state index in [0.717, 1.165) is 21.8 Å². The van der Waals surface area contributed by atoms with Gasteiger partial charge in [-0.15, -0.1) is 0 Å². The monoisotopic (exact) mass is 381 g/mol. The van der Waals surface area contributed by atoms with Crippen LogP contribution in [0.3, 0.4) is 0 Å². The Morgan fingerprint density at radius 3 is 1.80 bits per heavy atom. The van der Waals surface area contributed by atoms with Crippen molar-refractivity contribution in [1.29, 1.82) is 0 Å². The molecule has 2 nitrogen and oxygen atoms in total. The van der Waals surface area contributed by atoms with Crippen LogP contribution in [0.1, 0.15) is 5.56 Å². The molecule has 0 bridgehead atoms. The van der Waals surface area contributed by atoms with E-state index >= 15 is 0 Å². The second-order valence-electron chi connectivity index (χ2n) is 8.55. The Balaban J connectivity index is 1.99. The lowest BCUT2D eigenvalue weighted by Crippen LogP contribution is -2.11. The standard InChI is InChI=1S/C28H15NO/c1-14-8-11-18-17-6-2-4-15-9-12-20-26(23(15)17)29-25(18)22(14)19-7-3-5-16-10-13-21(28(20)30)27(29)24(16)19/h2-13H,1H3. The molecule has 3 aromatic heterocycles. The Morgan fingerprint density at radius 2 is 1.10 bits per heavy atom. The zero-order valence-corrected chi connectivity index (χ0v) is 16.3. The molecule has 2 heteroatoms.